The molecule has 0 aromatic heterocycles. The van der Waals surface area contributed by atoms with Gasteiger partial charge in [-0.3, -0.25) is 4.79 Å². The van der Waals surface area contributed by atoms with Crippen molar-refractivity contribution >= 4 is 40.9 Å². The van der Waals surface area contributed by atoms with Gasteiger partial charge in [-0.05, 0) is 60.7 Å². The molecule has 0 saturated carbocycles. The standard InChI is InChI=1S/C14H16F3IN2O.ClH/c1-19-10-4-6-20(7-5-10)13(21)11-3-2-9(18)8-12(11)14(15,16)17;/h2-3,8,10,19H,4-7H2,1H3;1H. The summed E-state index contributed by atoms with van der Waals surface area (Å²) in [7, 11) is 1.85. The fourth-order valence-corrected chi connectivity index (χ4v) is 2.97. The van der Waals surface area contributed by atoms with Crippen LogP contribution in [0.4, 0.5) is 13.2 Å². The van der Waals surface area contributed by atoms with Gasteiger partial charge in [-0.25, -0.2) is 0 Å². The summed E-state index contributed by atoms with van der Waals surface area (Å²) < 4.78 is 39.7. The molecule has 1 amide bonds. The summed E-state index contributed by atoms with van der Waals surface area (Å²) in [4.78, 5) is 13.9. The van der Waals surface area contributed by atoms with Crippen molar-refractivity contribution in [2.45, 2.75) is 25.1 Å². The van der Waals surface area contributed by atoms with Gasteiger partial charge in [0.1, 0.15) is 0 Å². The van der Waals surface area contributed by atoms with Crippen molar-refractivity contribution in [1.29, 1.82) is 0 Å². The summed E-state index contributed by atoms with van der Waals surface area (Å²) in [6.07, 6.45) is -3.00. The molecule has 0 radical (unpaired) electrons. The first-order valence-electron chi connectivity index (χ1n) is 6.66. The fourth-order valence-electron chi connectivity index (χ4n) is 2.48. The Morgan fingerprint density at radius 2 is 1.91 bits per heavy atom. The number of piperidine rings is 1. The van der Waals surface area contributed by atoms with Gasteiger partial charge in [0.25, 0.3) is 5.91 Å². The van der Waals surface area contributed by atoms with E-state index in [1.165, 1.54) is 17.0 Å². The highest BCUT2D eigenvalue weighted by Gasteiger charge is 2.36. The van der Waals surface area contributed by atoms with Crippen LogP contribution in [0, 0.1) is 3.57 Å². The largest absolute Gasteiger partial charge is 0.417 e. The van der Waals surface area contributed by atoms with Crippen LogP contribution in [0.5, 0.6) is 0 Å². The quantitative estimate of drug-likeness (QED) is 0.702. The molecular weight excluding hydrogens is 432 g/mol. The van der Waals surface area contributed by atoms with Crippen molar-refractivity contribution < 1.29 is 18.0 Å². The van der Waals surface area contributed by atoms with Crippen LogP contribution < -0.4 is 5.32 Å². The van der Waals surface area contributed by atoms with Gasteiger partial charge in [-0.1, -0.05) is 0 Å². The Balaban J connectivity index is 0.00000242. The Bertz CT molecular complexity index is 531. The Labute approximate surface area is 147 Å². The van der Waals surface area contributed by atoms with E-state index in [9.17, 15) is 18.0 Å². The van der Waals surface area contributed by atoms with E-state index in [0.29, 0.717) is 22.7 Å². The Hall–Kier alpha value is -0.540. The molecule has 2 rings (SSSR count). The summed E-state index contributed by atoms with van der Waals surface area (Å²) in [5.74, 6) is -0.534. The Kier molecular flexibility index (Phi) is 6.94. The first-order chi connectivity index (χ1) is 9.82. The van der Waals surface area contributed by atoms with Crippen LogP contribution >= 0.6 is 35.0 Å². The van der Waals surface area contributed by atoms with Crippen LogP contribution in [0.3, 0.4) is 0 Å². The molecule has 1 fully saturated rings. The van der Waals surface area contributed by atoms with E-state index < -0.39 is 17.6 Å². The van der Waals surface area contributed by atoms with E-state index in [2.05, 4.69) is 5.32 Å². The lowest BCUT2D eigenvalue weighted by molar-refractivity contribution is -0.138. The second kappa shape index (κ2) is 7.83. The Morgan fingerprint density at radius 3 is 2.41 bits per heavy atom. The molecule has 22 heavy (non-hydrogen) atoms. The number of hydrogen-bond donors (Lipinski definition) is 1. The van der Waals surface area contributed by atoms with Crippen molar-refractivity contribution in [2.75, 3.05) is 20.1 Å². The van der Waals surface area contributed by atoms with E-state index in [1.807, 2.05) is 29.6 Å². The number of hydrogen-bond acceptors (Lipinski definition) is 2. The van der Waals surface area contributed by atoms with Gasteiger partial charge in [0.2, 0.25) is 0 Å². The molecule has 1 aromatic rings. The van der Waals surface area contributed by atoms with Gasteiger partial charge in [0, 0.05) is 22.7 Å². The Morgan fingerprint density at radius 1 is 1.32 bits per heavy atom. The highest BCUT2D eigenvalue weighted by atomic mass is 127. The van der Waals surface area contributed by atoms with E-state index in [-0.39, 0.29) is 18.0 Å². The molecule has 3 nitrogen and oxygen atoms in total. The number of benzene rings is 1. The predicted octanol–water partition coefficient (Wildman–Crippen LogP) is 3.56. The molecule has 0 bridgehead atoms. The number of halogens is 5. The van der Waals surface area contributed by atoms with E-state index in [4.69, 9.17) is 0 Å². The molecule has 1 aliphatic rings. The highest BCUT2D eigenvalue weighted by Crippen LogP contribution is 2.34. The number of carbonyl (C=O) groups excluding carboxylic acids is 1. The maximum Gasteiger partial charge on any atom is 0.417 e. The molecular formula is C14H17ClF3IN2O. The molecule has 1 N–H and O–H groups in total. The molecule has 1 aromatic carbocycles. The number of amides is 1. The van der Waals surface area contributed by atoms with Gasteiger partial charge >= 0.3 is 6.18 Å². The molecule has 1 heterocycles. The summed E-state index contributed by atoms with van der Waals surface area (Å²) in [5.41, 5.74) is -1.11. The molecule has 124 valence electrons. The minimum Gasteiger partial charge on any atom is -0.339 e. The van der Waals surface area contributed by atoms with E-state index in [0.717, 1.165) is 18.9 Å². The fraction of sp³-hybridized carbons (Fsp3) is 0.500. The number of nitrogens with zero attached hydrogens (tertiary/aromatic N) is 1. The zero-order valence-electron chi connectivity index (χ0n) is 11.9. The lowest BCUT2D eigenvalue weighted by Crippen LogP contribution is -2.44. The second-order valence-corrected chi connectivity index (χ2v) is 6.29. The first-order valence-corrected chi connectivity index (χ1v) is 7.74. The summed E-state index contributed by atoms with van der Waals surface area (Å²) in [6, 6.07) is 4.15. The predicted molar refractivity (Wildman–Crippen MR) is 89.4 cm³/mol. The van der Waals surface area contributed by atoms with Crippen LogP contribution in [0.2, 0.25) is 0 Å². The summed E-state index contributed by atoms with van der Waals surface area (Å²) >= 11 is 1.81. The summed E-state index contributed by atoms with van der Waals surface area (Å²) in [6.45, 7) is 0.960. The lowest BCUT2D eigenvalue weighted by Gasteiger charge is -2.32. The van der Waals surface area contributed by atoms with Gasteiger partial charge in [0.05, 0.1) is 11.1 Å². The highest BCUT2D eigenvalue weighted by molar-refractivity contribution is 14.1. The number of rotatable bonds is 2. The third-order valence-electron chi connectivity index (χ3n) is 3.71. The van der Waals surface area contributed by atoms with Gasteiger partial charge in [-0.2, -0.15) is 13.2 Å². The van der Waals surface area contributed by atoms with Gasteiger partial charge in [-0.15, -0.1) is 12.4 Å². The number of carbonyl (C=O) groups is 1. The monoisotopic (exact) mass is 448 g/mol. The van der Waals surface area contributed by atoms with Gasteiger partial charge < -0.3 is 10.2 Å². The third kappa shape index (κ3) is 4.48. The maximum absolute atomic E-state index is 13.1. The third-order valence-corrected chi connectivity index (χ3v) is 4.38. The van der Waals surface area contributed by atoms with Crippen molar-refractivity contribution in [3.63, 3.8) is 0 Å². The van der Waals surface area contributed by atoms with Gasteiger partial charge in [0.15, 0.2) is 0 Å². The van der Waals surface area contributed by atoms with Crippen molar-refractivity contribution in [3.05, 3.63) is 32.9 Å². The van der Waals surface area contributed by atoms with Crippen LogP contribution in [-0.2, 0) is 6.18 Å². The minimum atomic E-state index is -4.52. The van der Waals surface area contributed by atoms with E-state index >= 15 is 0 Å². The number of alkyl halides is 3. The molecule has 0 atom stereocenters. The lowest BCUT2D eigenvalue weighted by atomic mass is 10.0. The molecule has 0 unspecified atom stereocenters. The first kappa shape index (κ1) is 19.5. The van der Waals surface area contributed by atoms with Crippen molar-refractivity contribution in [1.82, 2.24) is 10.2 Å². The number of nitrogens with one attached hydrogen (secondary N) is 1. The number of likely N-dealkylation sites (tertiary alicyclic amines) is 1. The molecule has 0 aliphatic carbocycles. The van der Waals surface area contributed by atoms with Crippen LogP contribution in [0.15, 0.2) is 18.2 Å². The van der Waals surface area contributed by atoms with Crippen LogP contribution in [-0.4, -0.2) is 37.0 Å². The normalized spacial score (nSPS) is 16.3. The van der Waals surface area contributed by atoms with E-state index in [1.54, 1.807) is 0 Å². The SMILES string of the molecule is CNC1CCN(C(=O)c2ccc(I)cc2C(F)(F)F)CC1.Cl. The van der Waals surface area contributed by atoms with Crippen LogP contribution in [0.1, 0.15) is 28.8 Å². The molecule has 0 spiro atoms. The average Bonchev–Trinajstić information content (AvgIpc) is 2.45. The smallest absolute Gasteiger partial charge is 0.339 e. The minimum absolute atomic E-state index is 0. The molecule has 1 saturated heterocycles. The zero-order chi connectivity index (χ0) is 15.6. The summed E-state index contributed by atoms with van der Waals surface area (Å²) in [5, 5.41) is 3.13. The second-order valence-electron chi connectivity index (χ2n) is 5.04. The van der Waals surface area contributed by atoms with Crippen molar-refractivity contribution in [3.8, 4) is 0 Å². The maximum atomic E-state index is 13.1. The average molecular weight is 449 g/mol. The van der Waals surface area contributed by atoms with Crippen molar-refractivity contribution in [2.24, 2.45) is 0 Å². The molecule has 1 aliphatic heterocycles. The molecule has 8 heteroatoms. The zero-order valence-corrected chi connectivity index (χ0v) is 14.9. The topological polar surface area (TPSA) is 32.3 Å². The van der Waals surface area contributed by atoms with Crippen LogP contribution in [0.25, 0.3) is 0 Å².